The number of imidazole rings is 1. The van der Waals surface area contributed by atoms with Crippen molar-refractivity contribution >= 4 is 22.9 Å². The maximum absolute atomic E-state index is 5.20. The third kappa shape index (κ3) is 4.74. The van der Waals surface area contributed by atoms with Crippen molar-refractivity contribution in [2.45, 2.75) is 46.2 Å². The van der Waals surface area contributed by atoms with Crippen LogP contribution in [0, 0.1) is 0 Å². The highest BCUT2D eigenvalue weighted by molar-refractivity contribution is 5.88. The van der Waals surface area contributed by atoms with Crippen LogP contribution in [0.2, 0.25) is 0 Å². The first kappa shape index (κ1) is 25.8. The van der Waals surface area contributed by atoms with Crippen LogP contribution < -0.4 is 9.80 Å². The molecule has 9 nitrogen and oxygen atoms in total. The number of aromatic nitrogens is 6. The van der Waals surface area contributed by atoms with E-state index >= 15 is 0 Å². The highest BCUT2D eigenvalue weighted by Gasteiger charge is 2.33. The van der Waals surface area contributed by atoms with E-state index in [0.29, 0.717) is 5.95 Å². The van der Waals surface area contributed by atoms with Crippen LogP contribution in [0.1, 0.15) is 45.3 Å². The average Bonchev–Trinajstić information content (AvgIpc) is 3.32. The molecule has 0 aliphatic carbocycles. The highest BCUT2D eigenvalue weighted by Crippen LogP contribution is 2.36. The normalized spacial score (nSPS) is 16.4. The second-order valence-electron chi connectivity index (χ2n) is 9.70. The van der Waals surface area contributed by atoms with Crippen LogP contribution >= 0.6 is 0 Å². The van der Waals surface area contributed by atoms with Gasteiger partial charge in [0.15, 0.2) is 17.0 Å². The lowest BCUT2D eigenvalue weighted by Gasteiger charge is -2.41. The van der Waals surface area contributed by atoms with Gasteiger partial charge in [-0.1, -0.05) is 26.5 Å². The molecule has 1 fully saturated rings. The minimum absolute atomic E-state index is 0.0430. The van der Waals surface area contributed by atoms with Crippen LogP contribution in [-0.4, -0.2) is 67.6 Å². The van der Waals surface area contributed by atoms with Crippen molar-refractivity contribution in [1.29, 1.82) is 0 Å². The number of piperazine rings is 1. The van der Waals surface area contributed by atoms with E-state index in [2.05, 4.69) is 69.7 Å². The molecule has 0 saturated carbocycles. The van der Waals surface area contributed by atoms with Gasteiger partial charge in [0.05, 0.1) is 11.7 Å². The Bertz CT molecular complexity index is 1380. The maximum atomic E-state index is 5.20. The summed E-state index contributed by atoms with van der Waals surface area (Å²) in [7, 11) is 2.12. The fourth-order valence-electron chi connectivity index (χ4n) is 5.30. The molecule has 0 spiro atoms. The minimum atomic E-state index is -0.0430. The Labute approximate surface area is 224 Å². The van der Waals surface area contributed by atoms with Gasteiger partial charge in [0.2, 0.25) is 5.95 Å². The SMILES string of the molecule is C=C1C(c2ccccn2)N(C)CCN1c1nc(N(CCC)CCC)c2nc(-c3ccncc3)n(CC)c2n1. The van der Waals surface area contributed by atoms with Crippen molar-refractivity contribution in [2.75, 3.05) is 43.0 Å². The van der Waals surface area contributed by atoms with Crippen LogP contribution in [0.25, 0.3) is 22.6 Å². The number of hydrogen-bond acceptors (Lipinski definition) is 8. The van der Waals surface area contributed by atoms with Gasteiger partial charge in [0.1, 0.15) is 5.82 Å². The van der Waals surface area contributed by atoms with Gasteiger partial charge in [-0.05, 0) is 51.1 Å². The number of rotatable bonds is 9. The molecule has 0 radical (unpaired) electrons. The zero-order valence-corrected chi connectivity index (χ0v) is 22.9. The molecule has 0 aromatic carbocycles. The standard InChI is InChI=1S/C29H37N9/c1-6-17-36(18-7-2)27-24-28(37(8-3)26(32-24)22-12-15-30-16-13-22)34-29(33-27)38-20-19-35(5)25(21(38)4)23-11-9-10-14-31-23/h9-16,25H,4,6-8,17-20H2,1-3,5H3. The number of hydrogen-bond donors (Lipinski definition) is 0. The van der Waals surface area contributed by atoms with Crippen molar-refractivity contribution in [2.24, 2.45) is 0 Å². The monoisotopic (exact) mass is 511 g/mol. The van der Waals surface area contributed by atoms with E-state index in [1.165, 1.54) is 0 Å². The molecule has 1 aliphatic heterocycles. The Hall–Kier alpha value is -3.85. The van der Waals surface area contributed by atoms with Gasteiger partial charge in [0.25, 0.3) is 0 Å². The molecule has 4 aromatic rings. The van der Waals surface area contributed by atoms with Crippen molar-refractivity contribution in [3.63, 3.8) is 0 Å². The molecule has 5 rings (SSSR count). The molecule has 0 amide bonds. The van der Waals surface area contributed by atoms with Crippen LogP contribution in [-0.2, 0) is 6.54 Å². The second kappa shape index (κ2) is 11.3. The Morgan fingerprint density at radius 2 is 1.71 bits per heavy atom. The summed E-state index contributed by atoms with van der Waals surface area (Å²) < 4.78 is 2.19. The molecule has 198 valence electrons. The van der Waals surface area contributed by atoms with E-state index in [0.717, 1.165) is 85.3 Å². The second-order valence-corrected chi connectivity index (χ2v) is 9.70. The number of nitrogens with zero attached hydrogens (tertiary/aromatic N) is 9. The third-order valence-corrected chi connectivity index (χ3v) is 7.09. The van der Waals surface area contributed by atoms with Crippen LogP contribution in [0.4, 0.5) is 11.8 Å². The molecule has 0 bridgehead atoms. The first-order chi connectivity index (χ1) is 18.6. The molecule has 1 aliphatic rings. The molecule has 1 unspecified atom stereocenters. The zero-order chi connectivity index (χ0) is 26.6. The fraction of sp³-hybridized carbons (Fsp3) is 0.414. The summed E-state index contributed by atoms with van der Waals surface area (Å²) in [6.07, 6.45) is 7.49. The zero-order valence-electron chi connectivity index (χ0n) is 22.9. The van der Waals surface area contributed by atoms with Crippen LogP contribution in [0.5, 0.6) is 0 Å². The Morgan fingerprint density at radius 3 is 2.37 bits per heavy atom. The largest absolute Gasteiger partial charge is 0.355 e. The van der Waals surface area contributed by atoms with E-state index in [-0.39, 0.29) is 6.04 Å². The van der Waals surface area contributed by atoms with Gasteiger partial charge in [0, 0.05) is 62.6 Å². The smallest absolute Gasteiger partial charge is 0.233 e. The quantitative estimate of drug-likeness (QED) is 0.313. The van der Waals surface area contributed by atoms with Gasteiger partial charge >= 0.3 is 0 Å². The number of aryl methyl sites for hydroxylation is 1. The lowest BCUT2D eigenvalue weighted by molar-refractivity contribution is 0.248. The Balaban J connectivity index is 1.68. The van der Waals surface area contributed by atoms with Crippen LogP contribution in [0.3, 0.4) is 0 Å². The van der Waals surface area contributed by atoms with E-state index in [1.54, 1.807) is 12.4 Å². The van der Waals surface area contributed by atoms with Crippen molar-refractivity contribution in [1.82, 2.24) is 34.4 Å². The van der Waals surface area contributed by atoms with Gasteiger partial charge < -0.3 is 14.4 Å². The fourth-order valence-corrected chi connectivity index (χ4v) is 5.30. The van der Waals surface area contributed by atoms with Crippen molar-refractivity contribution in [3.8, 4) is 11.4 Å². The molecule has 38 heavy (non-hydrogen) atoms. The molecular formula is C29H37N9. The van der Waals surface area contributed by atoms with E-state index in [1.807, 2.05) is 30.5 Å². The maximum Gasteiger partial charge on any atom is 0.233 e. The average molecular weight is 512 g/mol. The Morgan fingerprint density at radius 1 is 0.947 bits per heavy atom. The minimum Gasteiger partial charge on any atom is -0.355 e. The van der Waals surface area contributed by atoms with Crippen LogP contribution in [0.15, 0.2) is 61.2 Å². The first-order valence-electron chi connectivity index (χ1n) is 13.6. The Kier molecular flexibility index (Phi) is 7.64. The number of fused-ring (bicyclic) bond motifs is 1. The first-order valence-corrected chi connectivity index (χ1v) is 13.6. The molecule has 4 aromatic heterocycles. The van der Waals surface area contributed by atoms with Gasteiger partial charge in [-0.25, -0.2) is 4.98 Å². The lowest BCUT2D eigenvalue weighted by atomic mass is 10.0. The van der Waals surface area contributed by atoms with E-state index in [9.17, 15) is 0 Å². The topological polar surface area (TPSA) is 79.1 Å². The number of likely N-dealkylation sites (N-methyl/N-ethyl adjacent to an activating group) is 1. The summed E-state index contributed by atoms with van der Waals surface area (Å²) in [5, 5.41) is 0. The molecule has 0 N–H and O–H groups in total. The molecule has 1 saturated heterocycles. The van der Waals surface area contributed by atoms with Gasteiger partial charge in [-0.15, -0.1) is 0 Å². The van der Waals surface area contributed by atoms with Gasteiger partial charge in [-0.2, -0.15) is 9.97 Å². The predicted molar refractivity (Wildman–Crippen MR) is 153 cm³/mol. The highest BCUT2D eigenvalue weighted by atomic mass is 15.4. The van der Waals surface area contributed by atoms with Crippen molar-refractivity contribution < 1.29 is 0 Å². The summed E-state index contributed by atoms with van der Waals surface area (Å²) in [4.78, 5) is 31.1. The summed E-state index contributed by atoms with van der Waals surface area (Å²) in [6, 6.07) is 9.98. The molecule has 1 atom stereocenters. The summed E-state index contributed by atoms with van der Waals surface area (Å²) >= 11 is 0. The molecule has 9 heteroatoms. The summed E-state index contributed by atoms with van der Waals surface area (Å²) in [5.41, 5.74) is 4.60. The van der Waals surface area contributed by atoms with E-state index in [4.69, 9.17) is 15.0 Å². The number of anilines is 2. The van der Waals surface area contributed by atoms with E-state index < -0.39 is 0 Å². The molecular weight excluding hydrogens is 474 g/mol. The van der Waals surface area contributed by atoms with Crippen molar-refractivity contribution in [3.05, 3.63) is 66.9 Å². The summed E-state index contributed by atoms with van der Waals surface area (Å²) in [6.45, 7) is 15.2. The number of pyridine rings is 2. The predicted octanol–water partition coefficient (Wildman–Crippen LogP) is 4.94. The van der Waals surface area contributed by atoms with Gasteiger partial charge in [-0.3, -0.25) is 14.9 Å². The lowest BCUT2D eigenvalue weighted by Crippen LogP contribution is -2.45. The summed E-state index contributed by atoms with van der Waals surface area (Å²) in [5.74, 6) is 2.44. The third-order valence-electron chi connectivity index (χ3n) is 7.09. The molecule has 5 heterocycles.